The highest BCUT2D eigenvalue weighted by atomic mass is 28.4. The number of nitrogens with zero attached hydrogens (tertiary/aromatic N) is 1. The summed E-state index contributed by atoms with van der Waals surface area (Å²) in [4.78, 5) is 16.3. The summed E-state index contributed by atoms with van der Waals surface area (Å²) in [7, 11) is -0.270. The number of hydrogen-bond acceptors (Lipinski definition) is 4. The Labute approximate surface area is 148 Å². The highest BCUT2D eigenvalue weighted by molar-refractivity contribution is 6.74. The molecule has 1 rings (SSSR count). The van der Waals surface area contributed by atoms with Gasteiger partial charge < -0.3 is 9.16 Å². The topological polar surface area (TPSA) is 48.4 Å². The molecule has 136 valence electrons. The summed E-state index contributed by atoms with van der Waals surface area (Å²) in [5, 5.41) is 0.231. The van der Waals surface area contributed by atoms with Crippen LogP contribution in [0.5, 0.6) is 0 Å². The van der Waals surface area contributed by atoms with Gasteiger partial charge in [-0.05, 0) is 50.0 Å². The van der Waals surface area contributed by atoms with E-state index in [0.717, 1.165) is 24.3 Å². The molecule has 0 saturated heterocycles. The third-order valence-electron chi connectivity index (χ3n) is 4.91. The monoisotopic (exact) mass is 351 g/mol. The van der Waals surface area contributed by atoms with Gasteiger partial charge in [0.25, 0.3) is 0 Å². The van der Waals surface area contributed by atoms with Crippen molar-refractivity contribution in [2.45, 2.75) is 65.6 Å². The van der Waals surface area contributed by atoms with Gasteiger partial charge in [0.2, 0.25) is 0 Å². The van der Waals surface area contributed by atoms with Crippen LogP contribution >= 0.6 is 0 Å². The van der Waals surface area contributed by atoms with E-state index in [4.69, 9.17) is 9.16 Å². The van der Waals surface area contributed by atoms with Crippen LogP contribution in [-0.4, -0.2) is 33.0 Å². The molecule has 0 atom stereocenters. The van der Waals surface area contributed by atoms with Crippen molar-refractivity contribution in [3.63, 3.8) is 0 Å². The average Bonchev–Trinajstić information content (AvgIpc) is 2.46. The molecule has 0 aliphatic carbocycles. The number of aromatic nitrogens is 1. The summed E-state index contributed by atoms with van der Waals surface area (Å²) >= 11 is 0. The Morgan fingerprint density at radius 2 is 1.79 bits per heavy atom. The smallest absolute Gasteiger partial charge is 0.311 e. The second kappa shape index (κ2) is 7.79. The maximum Gasteiger partial charge on any atom is 0.311 e. The van der Waals surface area contributed by atoms with Crippen molar-refractivity contribution in [2.75, 3.05) is 13.7 Å². The molecule has 24 heavy (non-hydrogen) atoms. The van der Waals surface area contributed by atoms with Crippen LogP contribution in [-0.2, 0) is 26.8 Å². The van der Waals surface area contributed by atoms with Crippen LogP contribution in [0.2, 0.25) is 18.1 Å². The molecule has 0 N–H and O–H groups in total. The molecular formula is C19H33NO3Si. The first-order valence-corrected chi connectivity index (χ1v) is 11.5. The van der Waals surface area contributed by atoms with Crippen molar-refractivity contribution < 1.29 is 14.0 Å². The zero-order valence-corrected chi connectivity index (χ0v) is 17.5. The van der Waals surface area contributed by atoms with Crippen LogP contribution in [0, 0.1) is 5.41 Å². The molecule has 0 spiro atoms. The molecule has 1 aromatic heterocycles. The third-order valence-corrected chi connectivity index (χ3v) is 9.45. The lowest BCUT2D eigenvalue weighted by Crippen LogP contribution is -2.41. The number of carbonyl (C=O) groups excluding carboxylic acids is 1. The Morgan fingerprint density at radius 3 is 2.25 bits per heavy atom. The van der Waals surface area contributed by atoms with Gasteiger partial charge in [-0.3, -0.25) is 9.78 Å². The van der Waals surface area contributed by atoms with Gasteiger partial charge >= 0.3 is 5.97 Å². The van der Waals surface area contributed by atoms with Crippen LogP contribution in [0.4, 0.5) is 0 Å². The maximum atomic E-state index is 11.8. The molecule has 1 aromatic rings. The van der Waals surface area contributed by atoms with E-state index in [1.165, 1.54) is 7.11 Å². The molecule has 4 nitrogen and oxygen atoms in total. The zero-order chi connectivity index (χ0) is 18.6. The van der Waals surface area contributed by atoms with E-state index in [-0.39, 0.29) is 11.0 Å². The van der Waals surface area contributed by atoms with Crippen molar-refractivity contribution in [1.29, 1.82) is 0 Å². The largest absolute Gasteiger partial charge is 0.469 e. The Balaban J connectivity index is 2.59. The Kier molecular flexibility index (Phi) is 6.76. The Bertz CT molecular complexity index is 545. The number of esters is 1. The summed E-state index contributed by atoms with van der Waals surface area (Å²) in [6.07, 6.45) is 3.32. The van der Waals surface area contributed by atoms with Crippen molar-refractivity contribution in [3.05, 3.63) is 29.6 Å². The van der Waals surface area contributed by atoms with Crippen molar-refractivity contribution in [3.8, 4) is 0 Å². The van der Waals surface area contributed by atoms with Gasteiger partial charge in [-0.25, -0.2) is 0 Å². The molecule has 0 unspecified atom stereocenters. The third kappa shape index (κ3) is 5.71. The highest BCUT2D eigenvalue weighted by Crippen LogP contribution is 2.36. The van der Waals surface area contributed by atoms with Gasteiger partial charge in [0.15, 0.2) is 8.32 Å². The predicted molar refractivity (Wildman–Crippen MR) is 101 cm³/mol. The lowest BCUT2D eigenvalue weighted by molar-refractivity contribution is -0.150. The van der Waals surface area contributed by atoms with Gasteiger partial charge in [-0.2, -0.15) is 0 Å². The summed E-state index contributed by atoms with van der Waals surface area (Å²) in [6.45, 7) is 15.8. The van der Waals surface area contributed by atoms with Crippen LogP contribution in [0.15, 0.2) is 18.3 Å². The molecular weight excluding hydrogens is 318 g/mol. The standard InChI is InChI=1S/C19H33NO3Si/c1-18(2,3)24(7,8)23-12-11-15-9-10-16(20-14-15)13-19(4,5)17(21)22-6/h9-10,14H,11-13H2,1-8H3. The van der Waals surface area contributed by atoms with E-state index in [0.29, 0.717) is 6.42 Å². The van der Waals surface area contributed by atoms with E-state index in [1.54, 1.807) is 0 Å². The normalized spacial score (nSPS) is 13.0. The molecule has 1 heterocycles. The minimum atomic E-state index is -1.69. The number of methoxy groups -OCH3 is 1. The lowest BCUT2D eigenvalue weighted by Gasteiger charge is -2.36. The van der Waals surface area contributed by atoms with Crippen molar-refractivity contribution in [1.82, 2.24) is 4.98 Å². The fourth-order valence-electron chi connectivity index (χ4n) is 2.15. The SMILES string of the molecule is COC(=O)C(C)(C)Cc1ccc(CCO[Si](C)(C)C(C)(C)C)cn1. The van der Waals surface area contributed by atoms with Gasteiger partial charge in [0, 0.05) is 24.9 Å². The predicted octanol–water partition coefficient (Wildman–Crippen LogP) is 4.39. The first kappa shape index (κ1) is 20.8. The maximum absolute atomic E-state index is 11.8. The second-order valence-corrected chi connectivity index (χ2v) is 13.4. The Morgan fingerprint density at radius 1 is 1.17 bits per heavy atom. The number of rotatable bonds is 7. The fraction of sp³-hybridized carbons (Fsp3) is 0.684. The summed E-state index contributed by atoms with van der Waals surface area (Å²) in [6, 6.07) is 4.07. The van der Waals surface area contributed by atoms with Gasteiger partial charge in [-0.1, -0.05) is 26.8 Å². The first-order valence-electron chi connectivity index (χ1n) is 8.55. The van der Waals surface area contributed by atoms with E-state index in [9.17, 15) is 4.79 Å². The molecule has 0 amide bonds. The van der Waals surface area contributed by atoms with Gasteiger partial charge in [0.1, 0.15) is 0 Å². The minimum Gasteiger partial charge on any atom is -0.469 e. The van der Waals surface area contributed by atoms with Gasteiger partial charge in [0.05, 0.1) is 12.5 Å². The number of hydrogen-bond donors (Lipinski definition) is 0. The summed E-state index contributed by atoms with van der Waals surface area (Å²) in [5.74, 6) is -0.212. The average molecular weight is 352 g/mol. The van der Waals surface area contributed by atoms with Crippen LogP contribution < -0.4 is 0 Å². The van der Waals surface area contributed by atoms with E-state index in [2.05, 4.69) is 44.9 Å². The summed E-state index contributed by atoms with van der Waals surface area (Å²) in [5.41, 5.74) is 1.50. The number of pyridine rings is 1. The second-order valence-electron chi connectivity index (χ2n) is 8.57. The highest BCUT2D eigenvalue weighted by Gasteiger charge is 2.36. The molecule has 0 aromatic carbocycles. The quantitative estimate of drug-likeness (QED) is 0.540. The van der Waals surface area contributed by atoms with Crippen molar-refractivity contribution in [2.24, 2.45) is 5.41 Å². The molecule has 0 bridgehead atoms. The van der Waals surface area contributed by atoms with E-state index < -0.39 is 13.7 Å². The first-order chi connectivity index (χ1) is 10.9. The molecule has 5 heteroatoms. The van der Waals surface area contributed by atoms with Crippen LogP contribution in [0.1, 0.15) is 45.9 Å². The lowest BCUT2D eigenvalue weighted by atomic mass is 9.87. The summed E-state index contributed by atoms with van der Waals surface area (Å²) < 4.78 is 11.0. The van der Waals surface area contributed by atoms with Gasteiger partial charge in [-0.15, -0.1) is 0 Å². The molecule has 0 fully saturated rings. The molecule has 0 radical (unpaired) electrons. The van der Waals surface area contributed by atoms with Crippen LogP contribution in [0.25, 0.3) is 0 Å². The number of ether oxygens (including phenoxy) is 1. The van der Waals surface area contributed by atoms with E-state index in [1.807, 2.05) is 26.1 Å². The minimum absolute atomic E-state index is 0.212. The fourth-order valence-corrected chi connectivity index (χ4v) is 3.19. The molecule has 0 aliphatic heterocycles. The van der Waals surface area contributed by atoms with E-state index >= 15 is 0 Å². The zero-order valence-electron chi connectivity index (χ0n) is 16.5. The molecule has 0 aliphatic rings. The van der Waals surface area contributed by atoms with Crippen molar-refractivity contribution >= 4 is 14.3 Å². The Hall–Kier alpha value is -1.20. The number of carbonyl (C=O) groups is 1. The van der Waals surface area contributed by atoms with Crippen LogP contribution in [0.3, 0.4) is 0 Å². The molecule has 0 saturated carbocycles.